The van der Waals surface area contributed by atoms with Gasteiger partial charge in [-0.25, -0.2) is 4.79 Å². The van der Waals surface area contributed by atoms with E-state index in [-0.39, 0.29) is 5.91 Å². The van der Waals surface area contributed by atoms with Crippen LogP contribution in [0.2, 0.25) is 0 Å². The van der Waals surface area contributed by atoms with Gasteiger partial charge in [-0.1, -0.05) is 38.3 Å². The lowest BCUT2D eigenvalue weighted by Crippen LogP contribution is -2.17. The number of anilines is 1. The standard InChI is InChI=1S/C18H26N2O3/c1-4-5-6-9-12-19-14(2)13-17(21)20-16-11-8-7-10-15(16)18(22)23-3/h7-8,10-11,13,19H,4-6,9,12H2,1-3H3,(H,20,21)/b14-13+. The van der Waals surface area contributed by atoms with Gasteiger partial charge in [-0.2, -0.15) is 0 Å². The Morgan fingerprint density at radius 3 is 2.61 bits per heavy atom. The van der Waals surface area contributed by atoms with Crippen LogP contribution in [-0.2, 0) is 9.53 Å². The highest BCUT2D eigenvalue weighted by atomic mass is 16.5. The molecule has 0 aromatic heterocycles. The average molecular weight is 318 g/mol. The lowest BCUT2D eigenvalue weighted by molar-refractivity contribution is -0.112. The number of rotatable bonds is 9. The zero-order valence-electron chi connectivity index (χ0n) is 14.1. The third kappa shape index (κ3) is 7.00. The van der Waals surface area contributed by atoms with Gasteiger partial charge in [0.1, 0.15) is 0 Å². The van der Waals surface area contributed by atoms with Crippen LogP contribution in [0, 0.1) is 0 Å². The summed E-state index contributed by atoms with van der Waals surface area (Å²) in [6.45, 7) is 4.88. The fourth-order valence-electron chi connectivity index (χ4n) is 2.13. The van der Waals surface area contributed by atoms with Gasteiger partial charge < -0.3 is 15.4 Å². The molecular formula is C18H26N2O3. The number of ether oxygens (including phenoxy) is 1. The van der Waals surface area contributed by atoms with Gasteiger partial charge in [0.25, 0.3) is 0 Å². The van der Waals surface area contributed by atoms with Crippen molar-refractivity contribution < 1.29 is 14.3 Å². The van der Waals surface area contributed by atoms with Gasteiger partial charge in [-0.15, -0.1) is 0 Å². The number of carbonyl (C=O) groups is 2. The molecule has 0 radical (unpaired) electrons. The van der Waals surface area contributed by atoms with E-state index in [1.165, 1.54) is 32.4 Å². The molecule has 0 aliphatic carbocycles. The molecule has 2 N–H and O–H groups in total. The van der Waals surface area contributed by atoms with Gasteiger partial charge in [0.15, 0.2) is 0 Å². The van der Waals surface area contributed by atoms with E-state index in [2.05, 4.69) is 17.6 Å². The monoisotopic (exact) mass is 318 g/mol. The summed E-state index contributed by atoms with van der Waals surface area (Å²) in [5.41, 5.74) is 1.58. The van der Waals surface area contributed by atoms with E-state index in [4.69, 9.17) is 4.74 Å². The van der Waals surface area contributed by atoms with Gasteiger partial charge in [-0.3, -0.25) is 4.79 Å². The smallest absolute Gasteiger partial charge is 0.339 e. The van der Waals surface area contributed by atoms with Crippen molar-refractivity contribution in [3.63, 3.8) is 0 Å². The zero-order valence-corrected chi connectivity index (χ0v) is 14.1. The molecule has 0 saturated heterocycles. The number of unbranched alkanes of at least 4 members (excludes halogenated alkanes) is 3. The quantitative estimate of drug-likeness (QED) is 0.415. The highest BCUT2D eigenvalue weighted by Gasteiger charge is 2.12. The van der Waals surface area contributed by atoms with Gasteiger partial charge in [-0.05, 0) is 25.5 Å². The summed E-state index contributed by atoms with van der Waals surface area (Å²) in [4.78, 5) is 23.7. The summed E-state index contributed by atoms with van der Waals surface area (Å²) in [6.07, 6.45) is 6.21. The Kier molecular flexibility index (Phi) is 8.50. The SMILES string of the molecule is CCCCCCN/C(C)=C/C(=O)Nc1ccccc1C(=O)OC. The minimum Gasteiger partial charge on any atom is -0.465 e. The number of nitrogens with one attached hydrogen (secondary N) is 2. The fourth-order valence-corrected chi connectivity index (χ4v) is 2.13. The first kappa shape index (κ1) is 18.7. The number of para-hydroxylation sites is 1. The molecular weight excluding hydrogens is 292 g/mol. The van der Waals surface area contributed by atoms with Gasteiger partial charge in [0, 0.05) is 18.3 Å². The Balaban J connectivity index is 2.56. The molecule has 5 heteroatoms. The molecule has 0 bridgehead atoms. The van der Waals surface area contributed by atoms with E-state index in [9.17, 15) is 9.59 Å². The fraction of sp³-hybridized carbons (Fsp3) is 0.444. The molecule has 0 heterocycles. The normalized spacial score (nSPS) is 11.0. The van der Waals surface area contributed by atoms with Gasteiger partial charge in [0.05, 0.1) is 18.4 Å². The first-order valence-electron chi connectivity index (χ1n) is 7.99. The Labute approximate surface area is 138 Å². The van der Waals surface area contributed by atoms with Crippen LogP contribution in [0.1, 0.15) is 49.9 Å². The molecule has 0 atom stereocenters. The molecule has 5 nitrogen and oxygen atoms in total. The molecule has 1 aromatic rings. The minimum atomic E-state index is -0.476. The summed E-state index contributed by atoms with van der Waals surface area (Å²) in [5, 5.41) is 5.93. The van der Waals surface area contributed by atoms with E-state index in [0.29, 0.717) is 11.3 Å². The number of esters is 1. The Morgan fingerprint density at radius 2 is 1.91 bits per heavy atom. The number of methoxy groups -OCH3 is 1. The van der Waals surface area contributed by atoms with Crippen LogP contribution < -0.4 is 10.6 Å². The van der Waals surface area contributed by atoms with E-state index in [1.807, 2.05) is 6.92 Å². The van der Waals surface area contributed by atoms with Crippen LogP contribution in [0.15, 0.2) is 36.0 Å². The minimum absolute atomic E-state index is 0.278. The van der Waals surface area contributed by atoms with Crippen molar-refractivity contribution in [1.82, 2.24) is 5.32 Å². The van der Waals surface area contributed by atoms with Crippen molar-refractivity contribution in [1.29, 1.82) is 0 Å². The van der Waals surface area contributed by atoms with Gasteiger partial charge >= 0.3 is 5.97 Å². The van der Waals surface area contributed by atoms with E-state index in [0.717, 1.165) is 18.7 Å². The van der Waals surface area contributed by atoms with Crippen LogP contribution in [0.3, 0.4) is 0 Å². The third-order valence-electron chi connectivity index (χ3n) is 3.37. The lowest BCUT2D eigenvalue weighted by Gasteiger charge is -2.09. The number of benzene rings is 1. The van der Waals surface area contributed by atoms with E-state index < -0.39 is 5.97 Å². The Morgan fingerprint density at radius 1 is 1.17 bits per heavy atom. The molecule has 0 aliphatic heterocycles. The second-order valence-electron chi connectivity index (χ2n) is 5.34. The van der Waals surface area contributed by atoms with E-state index >= 15 is 0 Å². The summed E-state index contributed by atoms with van der Waals surface area (Å²) in [7, 11) is 1.31. The van der Waals surface area contributed by atoms with Crippen molar-refractivity contribution in [2.75, 3.05) is 19.0 Å². The van der Waals surface area contributed by atoms with Crippen LogP contribution in [0.4, 0.5) is 5.69 Å². The average Bonchev–Trinajstić information content (AvgIpc) is 2.54. The van der Waals surface area contributed by atoms with Crippen molar-refractivity contribution in [3.8, 4) is 0 Å². The second kappa shape index (κ2) is 10.4. The molecule has 0 spiro atoms. The topological polar surface area (TPSA) is 67.4 Å². The summed E-state index contributed by atoms with van der Waals surface area (Å²) >= 11 is 0. The molecule has 1 amide bonds. The maximum Gasteiger partial charge on any atom is 0.339 e. The number of hydrogen-bond acceptors (Lipinski definition) is 4. The van der Waals surface area contributed by atoms with Gasteiger partial charge in [0.2, 0.25) is 5.91 Å². The molecule has 0 saturated carbocycles. The van der Waals surface area contributed by atoms with Crippen LogP contribution in [0.25, 0.3) is 0 Å². The number of carbonyl (C=O) groups excluding carboxylic acids is 2. The lowest BCUT2D eigenvalue weighted by atomic mass is 10.2. The summed E-state index contributed by atoms with van der Waals surface area (Å²) < 4.78 is 4.71. The first-order chi connectivity index (χ1) is 11.1. The van der Waals surface area contributed by atoms with Crippen molar-refractivity contribution in [2.45, 2.75) is 39.5 Å². The molecule has 0 fully saturated rings. The van der Waals surface area contributed by atoms with Crippen molar-refractivity contribution in [3.05, 3.63) is 41.6 Å². The third-order valence-corrected chi connectivity index (χ3v) is 3.37. The summed E-state index contributed by atoms with van der Waals surface area (Å²) in [5.74, 6) is -0.754. The molecule has 23 heavy (non-hydrogen) atoms. The van der Waals surface area contributed by atoms with Crippen LogP contribution in [-0.4, -0.2) is 25.5 Å². The van der Waals surface area contributed by atoms with Crippen LogP contribution >= 0.6 is 0 Å². The maximum absolute atomic E-state index is 12.0. The largest absolute Gasteiger partial charge is 0.465 e. The molecule has 0 unspecified atom stereocenters. The first-order valence-corrected chi connectivity index (χ1v) is 7.99. The zero-order chi connectivity index (χ0) is 17.1. The predicted molar refractivity (Wildman–Crippen MR) is 92.3 cm³/mol. The molecule has 1 aromatic carbocycles. The summed E-state index contributed by atoms with van der Waals surface area (Å²) in [6, 6.07) is 6.76. The predicted octanol–water partition coefficient (Wildman–Crippen LogP) is 3.49. The molecule has 1 rings (SSSR count). The van der Waals surface area contributed by atoms with Crippen molar-refractivity contribution in [2.24, 2.45) is 0 Å². The van der Waals surface area contributed by atoms with Crippen LogP contribution in [0.5, 0.6) is 0 Å². The number of hydrogen-bond donors (Lipinski definition) is 2. The highest BCUT2D eigenvalue weighted by Crippen LogP contribution is 2.16. The Hall–Kier alpha value is -2.30. The Bertz CT molecular complexity index is 553. The second-order valence-corrected chi connectivity index (χ2v) is 5.34. The molecule has 126 valence electrons. The number of allylic oxidation sites excluding steroid dienone is 1. The highest BCUT2D eigenvalue weighted by molar-refractivity contribution is 6.05. The molecule has 0 aliphatic rings. The van der Waals surface area contributed by atoms with Crippen molar-refractivity contribution >= 4 is 17.6 Å². The maximum atomic E-state index is 12.0. The number of amides is 1. The van der Waals surface area contributed by atoms with E-state index in [1.54, 1.807) is 24.3 Å².